The topological polar surface area (TPSA) is 64.9 Å². The molecule has 2 aromatic carbocycles. The summed E-state index contributed by atoms with van der Waals surface area (Å²) in [4.78, 5) is 2.15. The van der Waals surface area contributed by atoms with Crippen molar-refractivity contribution in [1.29, 1.82) is 0 Å². The zero-order valence-corrected chi connectivity index (χ0v) is 20.8. The molecule has 7 nitrogen and oxygen atoms in total. The molecule has 0 N–H and O–H groups in total. The molecule has 0 aliphatic carbocycles. The zero-order valence-electron chi connectivity index (χ0n) is 20.8. The minimum absolute atomic E-state index is 0.136. The van der Waals surface area contributed by atoms with Crippen molar-refractivity contribution < 1.29 is 18.9 Å². The van der Waals surface area contributed by atoms with Crippen molar-refractivity contribution in [1.82, 2.24) is 4.90 Å². The van der Waals surface area contributed by atoms with E-state index in [1.54, 1.807) is 21.3 Å². The quantitative estimate of drug-likeness (QED) is 0.485. The summed E-state index contributed by atoms with van der Waals surface area (Å²) in [7, 11) is 9.04. The Morgan fingerprint density at radius 2 is 1.58 bits per heavy atom. The van der Waals surface area contributed by atoms with Crippen LogP contribution in [-0.2, 0) is 0 Å². The Kier molecular flexibility index (Phi) is 8.33. The van der Waals surface area contributed by atoms with Crippen LogP contribution in [0.3, 0.4) is 0 Å². The van der Waals surface area contributed by atoms with Gasteiger partial charge < -0.3 is 23.8 Å². The molecule has 7 heteroatoms. The predicted octanol–water partition coefficient (Wildman–Crippen LogP) is 4.76. The van der Waals surface area contributed by atoms with E-state index in [0.717, 1.165) is 53.2 Å². The second-order valence-corrected chi connectivity index (χ2v) is 8.32. The number of fused-ring (bicyclic) bond motifs is 1. The molecule has 1 heterocycles. The van der Waals surface area contributed by atoms with Gasteiger partial charge in [-0.05, 0) is 69.8 Å². The third kappa shape index (κ3) is 5.47. The van der Waals surface area contributed by atoms with E-state index in [2.05, 4.69) is 42.2 Å². The van der Waals surface area contributed by atoms with Gasteiger partial charge in [0.2, 0.25) is 0 Å². The number of rotatable bonds is 10. The number of ether oxygens (including phenoxy) is 4. The molecule has 0 aromatic heterocycles. The molecule has 1 aliphatic rings. The molecule has 2 aromatic rings. The molecule has 178 valence electrons. The van der Waals surface area contributed by atoms with Crippen molar-refractivity contribution >= 4 is 11.4 Å². The Hall–Kier alpha value is -3.06. The first kappa shape index (κ1) is 24.6. The average Bonchev–Trinajstić information content (AvgIpc) is 2.95. The standard InChI is InChI=1S/C26H35N3O4/c1-8-19-17(2)27-28-26(18-10-11-22(30-5)23(14-18)31-6)21-16-24(32-7)25(15-20(19)21)33-13-9-12-29(3)4/h10-11,14-16,19H,8-9,12-13H2,1-7H3. The molecule has 0 saturated heterocycles. The third-order valence-electron chi connectivity index (χ3n) is 5.85. The molecule has 0 amide bonds. The summed E-state index contributed by atoms with van der Waals surface area (Å²) >= 11 is 0. The van der Waals surface area contributed by atoms with Crippen LogP contribution in [-0.4, -0.2) is 64.9 Å². The molecule has 1 unspecified atom stereocenters. The summed E-state index contributed by atoms with van der Waals surface area (Å²) < 4.78 is 22.8. The van der Waals surface area contributed by atoms with Gasteiger partial charge in [-0.15, -0.1) is 5.10 Å². The fraction of sp³-hybridized carbons (Fsp3) is 0.462. The van der Waals surface area contributed by atoms with Gasteiger partial charge in [-0.25, -0.2) is 0 Å². The molecule has 0 spiro atoms. The normalized spacial score (nSPS) is 15.3. The van der Waals surface area contributed by atoms with E-state index < -0.39 is 0 Å². The van der Waals surface area contributed by atoms with Crippen LogP contribution in [0.15, 0.2) is 40.5 Å². The minimum atomic E-state index is 0.136. The molecule has 33 heavy (non-hydrogen) atoms. The van der Waals surface area contributed by atoms with E-state index in [9.17, 15) is 0 Å². The van der Waals surface area contributed by atoms with E-state index in [4.69, 9.17) is 18.9 Å². The summed E-state index contributed by atoms with van der Waals surface area (Å²) in [5, 5.41) is 9.22. The Balaban J connectivity index is 2.09. The monoisotopic (exact) mass is 453 g/mol. The van der Waals surface area contributed by atoms with E-state index >= 15 is 0 Å². The zero-order chi connectivity index (χ0) is 24.0. The van der Waals surface area contributed by atoms with Crippen LogP contribution in [0, 0.1) is 0 Å². The number of hydrogen-bond acceptors (Lipinski definition) is 7. The average molecular weight is 454 g/mol. The van der Waals surface area contributed by atoms with Crippen LogP contribution in [0.4, 0.5) is 0 Å². The fourth-order valence-corrected chi connectivity index (χ4v) is 4.09. The maximum Gasteiger partial charge on any atom is 0.161 e. The summed E-state index contributed by atoms with van der Waals surface area (Å²) in [6.07, 6.45) is 1.84. The first-order valence-corrected chi connectivity index (χ1v) is 11.3. The fourth-order valence-electron chi connectivity index (χ4n) is 4.09. The van der Waals surface area contributed by atoms with Gasteiger partial charge in [0.05, 0.1) is 27.9 Å². The second-order valence-electron chi connectivity index (χ2n) is 8.32. The molecular weight excluding hydrogens is 418 g/mol. The summed E-state index contributed by atoms with van der Waals surface area (Å²) in [6.45, 7) is 5.78. The van der Waals surface area contributed by atoms with Crippen LogP contribution in [0.25, 0.3) is 0 Å². The molecule has 1 atom stereocenters. The van der Waals surface area contributed by atoms with E-state index in [1.807, 2.05) is 31.2 Å². The molecule has 0 fully saturated rings. The van der Waals surface area contributed by atoms with Crippen molar-refractivity contribution in [3.8, 4) is 23.0 Å². The van der Waals surface area contributed by atoms with Crippen molar-refractivity contribution in [3.63, 3.8) is 0 Å². The molecular formula is C26H35N3O4. The SMILES string of the molecule is CCC1C(C)=NN=C(c2ccc(OC)c(OC)c2)c2cc(OC)c(OCCCN(C)C)cc21. The van der Waals surface area contributed by atoms with Crippen molar-refractivity contribution in [2.24, 2.45) is 10.2 Å². The van der Waals surface area contributed by atoms with Gasteiger partial charge in [-0.3, -0.25) is 0 Å². The number of methoxy groups -OCH3 is 3. The van der Waals surface area contributed by atoms with Crippen LogP contribution in [0.1, 0.15) is 49.3 Å². The molecule has 0 saturated carbocycles. The highest BCUT2D eigenvalue weighted by Crippen LogP contribution is 2.39. The van der Waals surface area contributed by atoms with Gasteiger partial charge in [-0.1, -0.05) is 6.92 Å². The van der Waals surface area contributed by atoms with Crippen molar-refractivity contribution in [2.75, 3.05) is 48.6 Å². The molecule has 3 rings (SSSR count). The van der Waals surface area contributed by atoms with E-state index in [1.165, 1.54) is 0 Å². The van der Waals surface area contributed by atoms with Gasteiger partial charge in [0.15, 0.2) is 23.0 Å². The van der Waals surface area contributed by atoms with Gasteiger partial charge in [0.1, 0.15) is 5.71 Å². The minimum Gasteiger partial charge on any atom is -0.493 e. The van der Waals surface area contributed by atoms with Gasteiger partial charge in [0, 0.05) is 29.3 Å². The first-order valence-electron chi connectivity index (χ1n) is 11.3. The second kappa shape index (κ2) is 11.2. The van der Waals surface area contributed by atoms with Gasteiger partial charge >= 0.3 is 0 Å². The lowest BCUT2D eigenvalue weighted by molar-refractivity contribution is 0.268. The number of hydrogen-bond donors (Lipinski definition) is 0. The number of nitrogens with zero attached hydrogens (tertiary/aromatic N) is 3. The highest BCUT2D eigenvalue weighted by Gasteiger charge is 2.26. The largest absolute Gasteiger partial charge is 0.493 e. The molecule has 1 aliphatic heterocycles. The van der Waals surface area contributed by atoms with Gasteiger partial charge in [0.25, 0.3) is 0 Å². The summed E-state index contributed by atoms with van der Waals surface area (Å²) in [6, 6.07) is 9.89. The van der Waals surface area contributed by atoms with Crippen LogP contribution < -0.4 is 18.9 Å². The highest BCUT2D eigenvalue weighted by molar-refractivity contribution is 6.16. The Morgan fingerprint density at radius 1 is 0.879 bits per heavy atom. The predicted molar refractivity (Wildman–Crippen MR) is 133 cm³/mol. The Bertz CT molecular complexity index is 1030. The molecule has 0 radical (unpaired) electrons. The first-order chi connectivity index (χ1) is 15.9. The third-order valence-corrected chi connectivity index (χ3v) is 5.85. The lowest BCUT2D eigenvalue weighted by atomic mass is 9.85. The Morgan fingerprint density at radius 3 is 2.21 bits per heavy atom. The number of benzene rings is 2. The Labute approximate surface area is 197 Å². The van der Waals surface area contributed by atoms with Crippen molar-refractivity contribution in [2.45, 2.75) is 32.6 Å². The lowest BCUT2D eigenvalue weighted by Gasteiger charge is -2.21. The lowest BCUT2D eigenvalue weighted by Crippen LogP contribution is -2.16. The van der Waals surface area contributed by atoms with Gasteiger partial charge in [-0.2, -0.15) is 5.10 Å². The molecule has 0 bridgehead atoms. The van der Waals surface area contributed by atoms with E-state index in [-0.39, 0.29) is 5.92 Å². The van der Waals surface area contributed by atoms with Crippen LogP contribution in [0.2, 0.25) is 0 Å². The maximum absolute atomic E-state index is 6.15. The summed E-state index contributed by atoms with van der Waals surface area (Å²) in [5.74, 6) is 2.87. The highest BCUT2D eigenvalue weighted by atomic mass is 16.5. The van der Waals surface area contributed by atoms with Crippen molar-refractivity contribution in [3.05, 3.63) is 47.0 Å². The summed E-state index contributed by atoms with van der Waals surface area (Å²) in [5.41, 5.74) is 4.74. The van der Waals surface area contributed by atoms with Crippen LogP contribution >= 0.6 is 0 Å². The van der Waals surface area contributed by atoms with Crippen LogP contribution in [0.5, 0.6) is 23.0 Å². The van der Waals surface area contributed by atoms with E-state index in [0.29, 0.717) is 23.9 Å². The maximum atomic E-state index is 6.15. The smallest absolute Gasteiger partial charge is 0.161 e.